The average molecular weight is 478 g/mol. The molecule has 2 aromatic carbocycles. The Morgan fingerprint density at radius 3 is 2.34 bits per heavy atom. The van der Waals surface area contributed by atoms with Crippen LogP contribution in [0.5, 0.6) is 0 Å². The van der Waals surface area contributed by atoms with Crippen molar-refractivity contribution in [3.63, 3.8) is 0 Å². The molecule has 35 heavy (non-hydrogen) atoms. The molecule has 8 heteroatoms. The normalized spacial score (nSPS) is 11.9. The minimum absolute atomic E-state index is 0.0639. The summed E-state index contributed by atoms with van der Waals surface area (Å²) in [5.74, 6) is 0.136. The van der Waals surface area contributed by atoms with Crippen molar-refractivity contribution in [3.8, 4) is 22.5 Å². The van der Waals surface area contributed by atoms with Crippen LogP contribution in [-0.4, -0.2) is 50.6 Å². The molecule has 3 aromatic rings. The SMILES string of the molecule is CCCCC(=O)N(Cc1ccc(-c2ccccc2-c2nnn[nH]2)cc1)CC(C(=O)OCC)C(C)C. The van der Waals surface area contributed by atoms with Gasteiger partial charge in [-0.2, -0.15) is 0 Å². The van der Waals surface area contributed by atoms with Crippen LogP contribution in [0, 0.1) is 11.8 Å². The second-order valence-electron chi connectivity index (χ2n) is 8.97. The van der Waals surface area contributed by atoms with E-state index in [-0.39, 0.29) is 23.7 Å². The monoisotopic (exact) mass is 477 g/mol. The number of amides is 1. The molecule has 1 heterocycles. The van der Waals surface area contributed by atoms with Crippen LogP contribution in [0.3, 0.4) is 0 Å². The first-order valence-corrected chi connectivity index (χ1v) is 12.3. The molecule has 3 rings (SSSR count). The molecule has 0 saturated heterocycles. The zero-order chi connectivity index (χ0) is 25.2. The lowest BCUT2D eigenvalue weighted by Gasteiger charge is -2.29. The molecule has 186 valence electrons. The van der Waals surface area contributed by atoms with Crippen molar-refractivity contribution in [1.82, 2.24) is 25.5 Å². The van der Waals surface area contributed by atoms with Crippen LogP contribution < -0.4 is 0 Å². The van der Waals surface area contributed by atoms with E-state index in [1.165, 1.54) is 0 Å². The maximum atomic E-state index is 13.1. The molecule has 1 amide bonds. The Hall–Kier alpha value is -3.55. The lowest BCUT2D eigenvalue weighted by Crippen LogP contribution is -2.40. The molecule has 0 bridgehead atoms. The molecule has 0 saturated carbocycles. The van der Waals surface area contributed by atoms with Crippen molar-refractivity contribution >= 4 is 11.9 Å². The highest BCUT2D eigenvalue weighted by Gasteiger charge is 2.28. The topological polar surface area (TPSA) is 101 Å². The lowest BCUT2D eigenvalue weighted by molar-refractivity contribution is -0.151. The number of carbonyl (C=O) groups excluding carboxylic acids is 2. The second kappa shape index (κ2) is 12.8. The van der Waals surface area contributed by atoms with E-state index in [0.29, 0.717) is 31.9 Å². The lowest BCUT2D eigenvalue weighted by atomic mass is 9.94. The number of tetrazole rings is 1. The molecule has 0 fully saturated rings. The summed E-state index contributed by atoms with van der Waals surface area (Å²) < 4.78 is 5.29. The Labute approximate surface area is 207 Å². The number of ether oxygens (including phenoxy) is 1. The Balaban J connectivity index is 1.82. The predicted molar refractivity (Wildman–Crippen MR) is 135 cm³/mol. The van der Waals surface area contributed by atoms with Gasteiger partial charge in [-0.15, -0.1) is 5.10 Å². The van der Waals surface area contributed by atoms with Crippen molar-refractivity contribution in [1.29, 1.82) is 0 Å². The average Bonchev–Trinajstić information content (AvgIpc) is 3.40. The summed E-state index contributed by atoms with van der Waals surface area (Å²) in [4.78, 5) is 27.4. The van der Waals surface area contributed by atoms with Gasteiger partial charge in [-0.3, -0.25) is 9.59 Å². The summed E-state index contributed by atoms with van der Waals surface area (Å²) in [6.07, 6.45) is 2.24. The molecule has 0 aliphatic carbocycles. The standard InChI is InChI=1S/C27H35N5O3/c1-5-7-12-25(33)32(18-24(19(3)4)27(34)35-6-2)17-20-13-15-21(16-14-20)22-10-8-9-11-23(22)26-28-30-31-29-26/h8-11,13-16,19,24H,5-7,12,17-18H2,1-4H3,(H,28,29,30,31). The molecular weight excluding hydrogens is 442 g/mol. The van der Waals surface area contributed by atoms with Crippen LogP contribution in [0.1, 0.15) is 52.5 Å². The van der Waals surface area contributed by atoms with E-state index in [0.717, 1.165) is 35.1 Å². The van der Waals surface area contributed by atoms with Gasteiger partial charge < -0.3 is 9.64 Å². The molecule has 8 nitrogen and oxygen atoms in total. The molecule has 1 aromatic heterocycles. The maximum Gasteiger partial charge on any atom is 0.310 e. The van der Waals surface area contributed by atoms with Crippen molar-refractivity contribution in [2.75, 3.05) is 13.2 Å². The number of nitrogens with zero attached hydrogens (tertiary/aromatic N) is 4. The number of hydrogen-bond donors (Lipinski definition) is 1. The first-order valence-electron chi connectivity index (χ1n) is 12.3. The molecule has 0 spiro atoms. The smallest absolute Gasteiger partial charge is 0.310 e. The summed E-state index contributed by atoms with van der Waals surface area (Å²) in [5.41, 5.74) is 3.95. The van der Waals surface area contributed by atoms with Gasteiger partial charge in [0.05, 0.1) is 12.5 Å². The summed E-state index contributed by atoms with van der Waals surface area (Å²) in [6.45, 7) is 8.98. The van der Waals surface area contributed by atoms with E-state index >= 15 is 0 Å². The van der Waals surface area contributed by atoms with Crippen LogP contribution in [-0.2, 0) is 20.9 Å². The number of benzene rings is 2. The first-order chi connectivity index (χ1) is 16.9. The van der Waals surface area contributed by atoms with Crippen molar-refractivity contribution in [3.05, 3.63) is 54.1 Å². The zero-order valence-electron chi connectivity index (χ0n) is 21.0. The van der Waals surface area contributed by atoms with Gasteiger partial charge in [0.25, 0.3) is 0 Å². The van der Waals surface area contributed by atoms with Gasteiger partial charge in [0, 0.05) is 25.1 Å². The molecule has 1 N–H and O–H groups in total. The quantitative estimate of drug-likeness (QED) is 0.373. The van der Waals surface area contributed by atoms with E-state index in [9.17, 15) is 9.59 Å². The van der Waals surface area contributed by atoms with E-state index in [4.69, 9.17) is 4.74 Å². The largest absolute Gasteiger partial charge is 0.466 e. The van der Waals surface area contributed by atoms with Crippen LogP contribution in [0.4, 0.5) is 0 Å². The van der Waals surface area contributed by atoms with Crippen LogP contribution in [0.25, 0.3) is 22.5 Å². The third kappa shape index (κ3) is 6.97. The number of esters is 1. The maximum absolute atomic E-state index is 13.1. The molecule has 0 radical (unpaired) electrons. The number of aromatic amines is 1. The third-order valence-electron chi connectivity index (χ3n) is 6.07. The fraction of sp³-hybridized carbons (Fsp3) is 0.444. The van der Waals surface area contributed by atoms with E-state index < -0.39 is 0 Å². The Morgan fingerprint density at radius 2 is 1.74 bits per heavy atom. The fourth-order valence-electron chi connectivity index (χ4n) is 4.01. The van der Waals surface area contributed by atoms with Crippen LogP contribution in [0.2, 0.25) is 0 Å². The van der Waals surface area contributed by atoms with Crippen molar-refractivity contribution in [2.24, 2.45) is 11.8 Å². The number of unbranched alkanes of at least 4 members (excludes halogenated alkanes) is 1. The summed E-state index contributed by atoms with van der Waals surface area (Å²) in [5, 5.41) is 14.2. The summed E-state index contributed by atoms with van der Waals surface area (Å²) in [7, 11) is 0. The van der Waals surface area contributed by atoms with Crippen molar-refractivity contribution in [2.45, 2.75) is 53.5 Å². The Morgan fingerprint density at radius 1 is 1.03 bits per heavy atom. The van der Waals surface area contributed by atoms with E-state index in [2.05, 4.69) is 27.5 Å². The minimum atomic E-state index is -0.359. The number of rotatable bonds is 12. The highest BCUT2D eigenvalue weighted by Crippen LogP contribution is 2.30. The molecule has 1 atom stereocenters. The number of hydrogen-bond acceptors (Lipinski definition) is 6. The van der Waals surface area contributed by atoms with Crippen LogP contribution >= 0.6 is 0 Å². The Bertz CT molecular complexity index is 1080. The zero-order valence-corrected chi connectivity index (χ0v) is 21.0. The van der Waals surface area contributed by atoms with Crippen molar-refractivity contribution < 1.29 is 14.3 Å². The number of H-pyrrole nitrogens is 1. The van der Waals surface area contributed by atoms with Gasteiger partial charge in [-0.25, -0.2) is 5.10 Å². The number of carbonyl (C=O) groups is 2. The van der Waals surface area contributed by atoms with Gasteiger partial charge >= 0.3 is 5.97 Å². The Kier molecular flexibility index (Phi) is 9.52. The molecular formula is C27H35N5O3. The summed E-state index contributed by atoms with van der Waals surface area (Å²) >= 11 is 0. The summed E-state index contributed by atoms with van der Waals surface area (Å²) in [6, 6.07) is 16.1. The molecule has 1 unspecified atom stereocenters. The molecule has 0 aliphatic rings. The minimum Gasteiger partial charge on any atom is -0.466 e. The van der Waals surface area contributed by atoms with Gasteiger partial charge in [-0.05, 0) is 46.4 Å². The molecule has 0 aliphatic heterocycles. The van der Waals surface area contributed by atoms with E-state index in [1.54, 1.807) is 11.8 Å². The van der Waals surface area contributed by atoms with Gasteiger partial charge in [-0.1, -0.05) is 75.7 Å². The predicted octanol–water partition coefficient (Wildman–Crippen LogP) is 4.89. The first kappa shape index (κ1) is 26.1. The van der Waals surface area contributed by atoms with Crippen LogP contribution in [0.15, 0.2) is 48.5 Å². The number of nitrogens with one attached hydrogen (secondary N) is 1. The van der Waals surface area contributed by atoms with Gasteiger partial charge in [0.1, 0.15) is 0 Å². The van der Waals surface area contributed by atoms with E-state index in [1.807, 2.05) is 62.4 Å². The van der Waals surface area contributed by atoms with Gasteiger partial charge in [0.2, 0.25) is 5.91 Å². The second-order valence-corrected chi connectivity index (χ2v) is 8.97. The van der Waals surface area contributed by atoms with Gasteiger partial charge in [0.15, 0.2) is 5.82 Å². The third-order valence-corrected chi connectivity index (χ3v) is 6.07. The fourth-order valence-corrected chi connectivity index (χ4v) is 4.01. The highest BCUT2D eigenvalue weighted by atomic mass is 16.5. The number of aromatic nitrogens is 4. The highest BCUT2D eigenvalue weighted by molar-refractivity contribution is 5.80.